The molecule has 2 aromatic rings. The van der Waals surface area contributed by atoms with Gasteiger partial charge in [0.1, 0.15) is 0 Å². The van der Waals surface area contributed by atoms with Crippen molar-refractivity contribution in [1.29, 1.82) is 0 Å². The first-order valence-electron chi connectivity index (χ1n) is 7.53. The normalized spacial score (nSPS) is 11.6. The zero-order valence-corrected chi connectivity index (χ0v) is 14.7. The summed E-state index contributed by atoms with van der Waals surface area (Å²) >= 11 is 12.4. The minimum absolute atomic E-state index is 0.188. The van der Waals surface area contributed by atoms with Crippen molar-refractivity contribution in [1.82, 2.24) is 0 Å². The Morgan fingerprint density at radius 2 is 1.32 bits per heavy atom. The summed E-state index contributed by atoms with van der Waals surface area (Å²) in [6.07, 6.45) is 1.31. The van der Waals surface area contributed by atoms with Crippen LogP contribution >= 0.6 is 23.2 Å². The fourth-order valence-electron chi connectivity index (χ4n) is 2.64. The molecule has 0 amide bonds. The van der Waals surface area contributed by atoms with Gasteiger partial charge in [0.25, 0.3) is 0 Å². The van der Waals surface area contributed by atoms with E-state index in [0.717, 1.165) is 17.2 Å². The van der Waals surface area contributed by atoms with Gasteiger partial charge in [-0.1, -0.05) is 59.6 Å². The lowest BCUT2D eigenvalue weighted by Crippen LogP contribution is -2.19. The SMILES string of the molecule is O=C(O)/C=C(/C(=O)O)C(Cc1ccccc1Cl)Cc1ccccc1Cl. The van der Waals surface area contributed by atoms with E-state index < -0.39 is 17.9 Å². The minimum Gasteiger partial charge on any atom is -0.478 e. The lowest BCUT2D eigenvalue weighted by Gasteiger charge is -2.19. The molecular formula is C19H16Cl2O4. The fourth-order valence-corrected chi connectivity index (χ4v) is 3.06. The average molecular weight is 379 g/mol. The van der Waals surface area contributed by atoms with Gasteiger partial charge in [0.05, 0.1) is 0 Å². The van der Waals surface area contributed by atoms with E-state index in [9.17, 15) is 14.7 Å². The van der Waals surface area contributed by atoms with Crippen LogP contribution < -0.4 is 0 Å². The quantitative estimate of drug-likeness (QED) is 0.695. The molecule has 0 saturated heterocycles. The number of hydrogen-bond acceptors (Lipinski definition) is 2. The Kier molecular flexibility index (Phi) is 6.62. The van der Waals surface area contributed by atoms with Gasteiger partial charge in [-0.25, -0.2) is 9.59 Å². The molecular weight excluding hydrogens is 363 g/mol. The van der Waals surface area contributed by atoms with Crippen LogP contribution in [0.3, 0.4) is 0 Å². The summed E-state index contributed by atoms with van der Waals surface area (Å²) in [5.41, 5.74) is 1.31. The molecule has 4 nitrogen and oxygen atoms in total. The molecule has 0 atom stereocenters. The van der Waals surface area contributed by atoms with E-state index in [0.29, 0.717) is 10.0 Å². The summed E-state index contributed by atoms with van der Waals surface area (Å²) in [7, 11) is 0. The summed E-state index contributed by atoms with van der Waals surface area (Å²) in [6.45, 7) is 0. The summed E-state index contributed by atoms with van der Waals surface area (Å²) in [5.74, 6) is -3.17. The van der Waals surface area contributed by atoms with Gasteiger partial charge in [-0.15, -0.1) is 0 Å². The third kappa shape index (κ3) is 5.34. The molecule has 0 radical (unpaired) electrons. The van der Waals surface area contributed by atoms with Crippen LogP contribution in [0.15, 0.2) is 60.2 Å². The number of hydrogen-bond donors (Lipinski definition) is 2. The predicted octanol–water partition coefficient (Wildman–Crippen LogP) is 4.49. The fraction of sp³-hybridized carbons (Fsp3) is 0.158. The van der Waals surface area contributed by atoms with Gasteiger partial charge in [-0.2, -0.15) is 0 Å². The van der Waals surface area contributed by atoms with E-state index in [-0.39, 0.29) is 18.4 Å². The van der Waals surface area contributed by atoms with Gasteiger partial charge in [-0.05, 0) is 42.0 Å². The summed E-state index contributed by atoms with van der Waals surface area (Å²) < 4.78 is 0. The van der Waals surface area contributed by atoms with Crippen molar-refractivity contribution in [2.45, 2.75) is 12.8 Å². The second-order valence-corrected chi connectivity index (χ2v) is 6.35. The highest BCUT2D eigenvalue weighted by molar-refractivity contribution is 6.31. The van der Waals surface area contributed by atoms with E-state index in [1.165, 1.54) is 0 Å². The van der Waals surface area contributed by atoms with Gasteiger partial charge >= 0.3 is 11.9 Å². The van der Waals surface area contributed by atoms with Gasteiger partial charge < -0.3 is 10.2 Å². The van der Waals surface area contributed by atoms with Crippen molar-refractivity contribution < 1.29 is 19.8 Å². The van der Waals surface area contributed by atoms with E-state index in [4.69, 9.17) is 28.3 Å². The Hall–Kier alpha value is -2.30. The zero-order chi connectivity index (χ0) is 18.4. The molecule has 130 valence electrons. The van der Waals surface area contributed by atoms with E-state index in [2.05, 4.69) is 0 Å². The van der Waals surface area contributed by atoms with Crippen LogP contribution in [0.1, 0.15) is 11.1 Å². The van der Waals surface area contributed by atoms with Crippen LogP contribution in [0.2, 0.25) is 10.0 Å². The van der Waals surface area contributed by atoms with E-state index in [1.54, 1.807) is 48.5 Å². The van der Waals surface area contributed by atoms with E-state index in [1.807, 2.05) is 0 Å². The highest BCUT2D eigenvalue weighted by atomic mass is 35.5. The van der Waals surface area contributed by atoms with Gasteiger partial charge in [-0.3, -0.25) is 0 Å². The standard InChI is InChI=1S/C19H16Cl2O4/c20-16-7-3-1-5-12(16)9-14(15(19(24)25)11-18(22)23)10-13-6-2-4-8-17(13)21/h1-8,11,14H,9-10H2,(H,22,23)(H,24,25)/b15-11+. The van der Waals surface area contributed by atoms with Gasteiger partial charge in [0, 0.05) is 21.7 Å². The molecule has 2 rings (SSSR count). The second-order valence-electron chi connectivity index (χ2n) is 5.53. The number of aliphatic carboxylic acids is 2. The molecule has 0 heterocycles. The third-order valence-electron chi connectivity index (χ3n) is 3.81. The van der Waals surface area contributed by atoms with Crippen LogP contribution in [0.5, 0.6) is 0 Å². The molecule has 2 aromatic carbocycles. The molecule has 0 aliphatic carbocycles. The first kappa shape index (κ1) is 19.0. The highest BCUT2D eigenvalue weighted by Crippen LogP contribution is 2.28. The molecule has 0 spiro atoms. The summed E-state index contributed by atoms with van der Waals surface area (Å²) in [4.78, 5) is 22.7. The largest absolute Gasteiger partial charge is 0.478 e. The first-order chi connectivity index (χ1) is 11.9. The number of carbonyl (C=O) groups is 2. The van der Waals surface area contributed by atoms with Gasteiger partial charge in [0.2, 0.25) is 0 Å². The van der Waals surface area contributed by atoms with Crippen molar-refractivity contribution in [3.05, 3.63) is 81.4 Å². The topological polar surface area (TPSA) is 74.6 Å². The predicted molar refractivity (Wildman–Crippen MR) is 97.2 cm³/mol. The number of halogens is 2. The second kappa shape index (κ2) is 8.70. The number of carboxylic acids is 2. The minimum atomic E-state index is -1.30. The maximum atomic E-state index is 11.6. The molecule has 0 aliphatic rings. The number of carboxylic acid groups (broad SMARTS) is 2. The van der Waals surface area contributed by atoms with Crippen LogP contribution in [0, 0.1) is 5.92 Å². The molecule has 6 heteroatoms. The average Bonchev–Trinajstić information content (AvgIpc) is 2.55. The van der Waals surface area contributed by atoms with Crippen molar-refractivity contribution in [2.24, 2.45) is 5.92 Å². The Balaban J connectivity index is 2.43. The van der Waals surface area contributed by atoms with Crippen LogP contribution in [0.4, 0.5) is 0 Å². The lowest BCUT2D eigenvalue weighted by molar-refractivity contribution is -0.135. The molecule has 2 N–H and O–H groups in total. The Bertz CT molecular complexity index is 767. The Morgan fingerprint density at radius 3 is 1.68 bits per heavy atom. The monoisotopic (exact) mass is 378 g/mol. The molecule has 0 bridgehead atoms. The van der Waals surface area contributed by atoms with E-state index >= 15 is 0 Å². The molecule has 25 heavy (non-hydrogen) atoms. The smallest absolute Gasteiger partial charge is 0.332 e. The first-order valence-corrected chi connectivity index (χ1v) is 8.28. The molecule has 0 aromatic heterocycles. The summed E-state index contributed by atoms with van der Waals surface area (Å²) in [6, 6.07) is 14.2. The third-order valence-corrected chi connectivity index (χ3v) is 4.55. The summed E-state index contributed by atoms with van der Waals surface area (Å²) in [5, 5.41) is 19.5. The van der Waals surface area contributed by atoms with Crippen LogP contribution in [-0.4, -0.2) is 22.2 Å². The zero-order valence-electron chi connectivity index (χ0n) is 13.2. The van der Waals surface area contributed by atoms with Gasteiger partial charge in [0.15, 0.2) is 0 Å². The molecule has 0 saturated carbocycles. The molecule has 0 unspecified atom stereocenters. The Morgan fingerprint density at radius 1 is 0.880 bits per heavy atom. The van der Waals surface area contributed by atoms with Crippen molar-refractivity contribution in [3.63, 3.8) is 0 Å². The Labute approximate surface area is 155 Å². The number of rotatable bonds is 7. The van der Waals surface area contributed by atoms with Crippen LogP contribution in [0.25, 0.3) is 0 Å². The van der Waals surface area contributed by atoms with Crippen molar-refractivity contribution >= 4 is 35.1 Å². The molecule has 0 fully saturated rings. The molecule has 0 aliphatic heterocycles. The maximum absolute atomic E-state index is 11.6. The maximum Gasteiger partial charge on any atom is 0.332 e. The van der Waals surface area contributed by atoms with Crippen molar-refractivity contribution in [3.8, 4) is 0 Å². The van der Waals surface area contributed by atoms with Crippen LogP contribution in [-0.2, 0) is 22.4 Å². The van der Waals surface area contributed by atoms with Crippen molar-refractivity contribution in [2.75, 3.05) is 0 Å². The highest BCUT2D eigenvalue weighted by Gasteiger charge is 2.24. The lowest BCUT2D eigenvalue weighted by atomic mass is 9.86. The number of benzene rings is 2.